The van der Waals surface area contributed by atoms with Crippen molar-refractivity contribution >= 4 is 54.8 Å². The molecule has 0 spiro atoms. The van der Waals surface area contributed by atoms with Crippen molar-refractivity contribution in [3.63, 3.8) is 0 Å². The van der Waals surface area contributed by atoms with E-state index in [2.05, 4.69) is 205 Å². The van der Waals surface area contributed by atoms with Crippen LogP contribution in [0.3, 0.4) is 0 Å². The third kappa shape index (κ3) is 6.03. The average molecular weight is 745 g/mol. The fourth-order valence-corrected chi connectivity index (χ4v) is 8.42. The Morgan fingerprint density at radius 1 is 0.552 bits per heavy atom. The summed E-state index contributed by atoms with van der Waals surface area (Å²) in [6.07, 6.45) is 8.13. The predicted octanol–water partition coefficient (Wildman–Crippen LogP) is 14.0. The summed E-state index contributed by atoms with van der Waals surface area (Å²) in [4.78, 5) is 9.97. The van der Waals surface area contributed by atoms with E-state index in [1.807, 2.05) is 19.2 Å². The number of hydrogen-bond donors (Lipinski definition) is 0. The monoisotopic (exact) mass is 744 g/mol. The van der Waals surface area contributed by atoms with Gasteiger partial charge in [-0.3, -0.25) is 4.57 Å². The maximum atomic E-state index is 5.14. The minimum Gasteiger partial charge on any atom is -0.309 e. The standard InChI is InChI=1S/C54H40N4/c1-4-14-40(38-23-25-39(26-24-38)44-18-9-8-15-36(44)2)33-37(3)49-31-32-55-54(56-49)58-51-22-13-11-20-46(51)48-35-42(28-30-53(48)58)41-27-29-52-47(34-41)45-19-10-12-21-50(45)57(52)43-16-6-5-7-17-43/h4-35H,3H2,1-2H3/b14-4-,40-33+. The zero-order valence-corrected chi connectivity index (χ0v) is 32.5. The lowest BCUT2D eigenvalue weighted by atomic mass is 9.96. The Kier molecular flexibility index (Phi) is 8.73. The second-order valence-electron chi connectivity index (χ2n) is 14.8. The Bertz CT molecular complexity index is 3250. The molecule has 0 amide bonds. The van der Waals surface area contributed by atoms with Crippen LogP contribution in [-0.2, 0) is 0 Å². The summed E-state index contributed by atoms with van der Waals surface area (Å²) in [7, 11) is 0. The molecule has 0 N–H and O–H groups in total. The molecular formula is C54H40N4. The van der Waals surface area contributed by atoms with Crippen LogP contribution in [-0.4, -0.2) is 19.1 Å². The van der Waals surface area contributed by atoms with Crippen LogP contribution >= 0.6 is 0 Å². The van der Waals surface area contributed by atoms with Crippen molar-refractivity contribution < 1.29 is 0 Å². The first kappa shape index (κ1) is 34.9. The van der Waals surface area contributed by atoms with Crippen LogP contribution in [0, 0.1) is 6.92 Å². The van der Waals surface area contributed by atoms with Gasteiger partial charge in [0.25, 0.3) is 0 Å². The number of allylic oxidation sites excluding steroid dienone is 5. The summed E-state index contributed by atoms with van der Waals surface area (Å²) in [6, 6.07) is 60.5. The van der Waals surface area contributed by atoms with E-state index in [0.29, 0.717) is 5.95 Å². The first-order chi connectivity index (χ1) is 28.6. The molecule has 0 unspecified atom stereocenters. The summed E-state index contributed by atoms with van der Waals surface area (Å²) in [5, 5.41) is 4.77. The van der Waals surface area contributed by atoms with Gasteiger partial charge in [-0.2, -0.15) is 0 Å². The molecule has 0 aliphatic rings. The molecule has 7 aromatic carbocycles. The van der Waals surface area contributed by atoms with E-state index in [1.54, 1.807) is 0 Å². The summed E-state index contributed by atoms with van der Waals surface area (Å²) in [5.74, 6) is 0.608. The van der Waals surface area contributed by atoms with Crippen LogP contribution in [0.5, 0.6) is 0 Å². The minimum absolute atomic E-state index is 0.608. The molecule has 0 saturated carbocycles. The van der Waals surface area contributed by atoms with E-state index in [0.717, 1.165) is 55.5 Å². The molecule has 4 nitrogen and oxygen atoms in total. The van der Waals surface area contributed by atoms with Crippen molar-refractivity contribution in [2.45, 2.75) is 13.8 Å². The summed E-state index contributed by atoms with van der Waals surface area (Å²) in [6.45, 7) is 8.68. The molecule has 58 heavy (non-hydrogen) atoms. The lowest BCUT2D eigenvalue weighted by Gasteiger charge is -2.10. The van der Waals surface area contributed by atoms with Gasteiger partial charge in [-0.25, -0.2) is 9.97 Å². The minimum atomic E-state index is 0.608. The van der Waals surface area contributed by atoms with Crippen molar-refractivity contribution in [3.05, 3.63) is 218 Å². The molecule has 0 atom stereocenters. The lowest BCUT2D eigenvalue weighted by molar-refractivity contribution is 0.980. The summed E-state index contributed by atoms with van der Waals surface area (Å²) >= 11 is 0. The van der Waals surface area contributed by atoms with E-state index >= 15 is 0 Å². The van der Waals surface area contributed by atoms with Gasteiger partial charge in [0.05, 0.1) is 27.8 Å². The summed E-state index contributed by atoms with van der Waals surface area (Å²) in [5.41, 5.74) is 15.5. The highest BCUT2D eigenvalue weighted by Crippen LogP contribution is 2.38. The van der Waals surface area contributed by atoms with Crippen molar-refractivity contribution in [3.8, 4) is 33.9 Å². The highest BCUT2D eigenvalue weighted by atomic mass is 15.2. The van der Waals surface area contributed by atoms with Crippen LogP contribution in [0.4, 0.5) is 0 Å². The smallest absolute Gasteiger partial charge is 0.235 e. The number of hydrogen-bond acceptors (Lipinski definition) is 2. The number of para-hydroxylation sites is 3. The zero-order valence-electron chi connectivity index (χ0n) is 32.5. The number of fused-ring (bicyclic) bond motifs is 6. The molecule has 4 heteroatoms. The van der Waals surface area contributed by atoms with Crippen LogP contribution < -0.4 is 0 Å². The Balaban J connectivity index is 1.02. The van der Waals surface area contributed by atoms with E-state index in [9.17, 15) is 0 Å². The molecule has 0 radical (unpaired) electrons. The largest absolute Gasteiger partial charge is 0.309 e. The maximum absolute atomic E-state index is 5.14. The number of benzene rings is 7. The third-order valence-electron chi connectivity index (χ3n) is 11.2. The Hall–Kier alpha value is -7.56. The molecule has 10 aromatic rings. The quantitative estimate of drug-likeness (QED) is 0.145. The zero-order chi connectivity index (χ0) is 39.2. The van der Waals surface area contributed by atoms with E-state index in [4.69, 9.17) is 9.97 Å². The van der Waals surface area contributed by atoms with Crippen molar-refractivity contribution in [2.24, 2.45) is 0 Å². The van der Waals surface area contributed by atoms with Gasteiger partial charge in [-0.1, -0.05) is 134 Å². The van der Waals surface area contributed by atoms with Crippen LogP contribution in [0.2, 0.25) is 0 Å². The van der Waals surface area contributed by atoms with Gasteiger partial charge in [-0.15, -0.1) is 0 Å². The topological polar surface area (TPSA) is 35.6 Å². The van der Waals surface area contributed by atoms with Gasteiger partial charge in [-0.05, 0) is 119 Å². The SMILES string of the molecule is C=C(/C=C(\C=C/C)c1ccc(-c2ccccc2C)cc1)c1ccnc(-n2c3ccccc3c3cc(-c4ccc5c(c4)c4ccccc4n5-c4ccccc4)ccc32)n1. The van der Waals surface area contributed by atoms with Gasteiger partial charge in [0.2, 0.25) is 5.95 Å². The maximum Gasteiger partial charge on any atom is 0.235 e. The second-order valence-corrected chi connectivity index (χ2v) is 14.8. The van der Waals surface area contributed by atoms with Crippen molar-refractivity contribution in [1.82, 2.24) is 19.1 Å². The Labute approximate surface area is 338 Å². The fraction of sp³-hybridized carbons (Fsp3) is 0.0370. The van der Waals surface area contributed by atoms with Gasteiger partial charge in [0, 0.05) is 33.4 Å². The molecule has 0 saturated heterocycles. The predicted molar refractivity (Wildman–Crippen MR) is 245 cm³/mol. The van der Waals surface area contributed by atoms with Crippen molar-refractivity contribution in [1.29, 1.82) is 0 Å². The van der Waals surface area contributed by atoms with E-state index in [1.165, 1.54) is 44.1 Å². The van der Waals surface area contributed by atoms with Gasteiger partial charge in [0.15, 0.2) is 0 Å². The molecule has 10 rings (SSSR count). The number of aryl methyl sites for hydroxylation is 1. The Morgan fingerprint density at radius 3 is 1.79 bits per heavy atom. The van der Waals surface area contributed by atoms with Gasteiger partial charge < -0.3 is 4.57 Å². The van der Waals surface area contributed by atoms with Crippen LogP contribution in [0.1, 0.15) is 23.7 Å². The molecule has 276 valence electrons. The Morgan fingerprint density at radius 2 is 1.12 bits per heavy atom. The average Bonchev–Trinajstić information content (AvgIpc) is 3.79. The third-order valence-corrected chi connectivity index (χ3v) is 11.2. The summed E-state index contributed by atoms with van der Waals surface area (Å²) < 4.78 is 4.53. The molecule has 3 aromatic heterocycles. The molecule has 0 aliphatic heterocycles. The fourth-order valence-electron chi connectivity index (χ4n) is 8.42. The number of rotatable bonds is 8. The molecule has 0 fully saturated rings. The first-order valence-corrected chi connectivity index (χ1v) is 19.7. The number of aromatic nitrogens is 4. The number of nitrogens with zero attached hydrogens (tertiary/aromatic N) is 4. The van der Waals surface area contributed by atoms with Crippen LogP contribution in [0.15, 0.2) is 201 Å². The highest BCUT2D eigenvalue weighted by molar-refractivity contribution is 6.12. The normalized spacial score (nSPS) is 12.1. The molecular weight excluding hydrogens is 705 g/mol. The first-order valence-electron chi connectivity index (χ1n) is 19.7. The highest BCUT2D eigenvalue weighted by Gasteiger charge is 2.17. The van der Waals surface area contributed by atoms with Gasteiger partial charge >= 0.3 is 0 Å². The van der Waals surface area contributed by atoms with E-state index < -0.39 is 0 Å². The van der Waals surface area contributed by atoms with E-state index in [-0.39, 0.29) is 0 Å². The molecule has 0 aliphatic carbocycles. The molecule has 0 bridgehead atoms. The van der Waals surface area contributed by atoms with Crippen molar-refractivity contribution in [2.75, 3.05) is 0 Å². The lowest BCUT2D eigenvalue weighted by Crippen LogP contribution is -2.02. The van der Waals surface area contributed by atoms with Crippen LogP contribution in [0.25, 0.3) is 88.6 Å². The molecule has 3 heterocycles. The van der Waals surface area contributed by atoms with Gasteiger partial charge in [0.1, 0.15) is 0 Å². The second kappa shape index (κ2) is 14.5.